The first-order chi connectivity index (χ1) is 11.8. The first kappa shape index (κ1) is 15.5. The molecule has 0 spiro atoms. The number of pyridine rings is 1. The lowest BCUT2D eigenvalue weighted by Crippen LogP contribution is -2.17. The van der Waals surface area contributed by atoms with E-state index < -0.39 is 0 Å². The number of hydrogen-bond acceptors (Lipinski definition) is 3. The van der Waals surface area contributed by atoms with Crippen LogP contribution >= 0.6 is 0 Å². The van der Waals surface area contributed by atoms with Crippen molar-refractivity contribution in [2.24, 2.45) is 10.7 Å². The summed E-state index contributed by atoms with van der Waals surface area (Å²) in [5, 5.41) is 0. The van der Waals surface area contributed by atoms with E-state index >= 15 is 0 Å². The minimum Gasteiger partial charge on any atom is -0.404 e. The van der Waals surface area contributed by atoms with Crippen molar-refractivity contribution in [2.45, 2.75) is 0 Å². The first-order valence-corrected chi connectivity index (χ1v) is 7.57. The van der Waals surface area contributed by atoms with Crippen LogP contribution in [0.2, 0.25) is 0 Å². The first-order valence-electron chi connectivity index (χ1n) is 7.57. The van der Waals surface area contributed by atoms with E-state index in [4.69, 9.17) is 5.73 Å². The van der Waals surface area contributed by atoms with Crippen LogP contribution in [0.3, 0.4) is 0 Å². The average molecular weight is 315 g/mol. The molecule has 0 saturated carbocycles. The highest BCUT2D eigenvalue weighted by Gasteiger charge is 2.04. The fourth-order valence-corrected chi connectivity index (χ4v) is 2.32. The zero-order chi connectivity index (χ0) is 16.8. The summed E-state index contributed by atoms with van der Waals surface area (Å²) in [5.74, 6) is 0. The van der Waals surface area contributed by atoms with Gasteiger partial charge in [-0.1, -0.05) is 36.4 Å². The summed E-state index contributed by atoms with van der Waals surface area (Å²) in [6, 6.07) is 22.4. The van der Waals surface area contributed by atoms with Gasteiger partial charge in [0, 0.05) is 41.5 Å². The molecule has 2 N–H and O–H groups in total. The van der Waals surface area contributed by atoms with E-state index in [1.807, 2.05) is 60.7 Å². The summed E-state index contributed by atoms with van der Waals surface area (Å²) >= 11 is 0. The normalized spacial score (nSPS) is 11.8. The standard InChI is InChI=1S/C20H17N3O/c21-13-17(14-22-18-7-3-1-4-8-18)16-11-12-20(24)23(15-16)19-9-5-2-6-10-19/h1-15H,21H2. The Kier molecular flexibility index (Phi) is 4.68. The molecule has 2 aromatic carbocycles. The number of benzene rings is 2. The average Bonchev–Trinajstić information content (AvgIpc) is 2.65. The summed E-state index contributed by atoms with van der Waals surface area (Å²) in [6.45, 7) is 0. The van der Waals surface area contributed by atoms with Gasteiger partial charge in [-0.15, -0.1) is 0 Å². The number of para-hydroxylation sites is 2. The molecule has 0 unspecified atom stereocenters. The van der Waals surface area contributed by atoms with E-state index in [1.165, 1.54) is 12.3 Å². The van der Waals surface area contributed by atoms with Crippen molar-refractivity contribution in [3.05, 3.63) is 101 Å². The Hall–Kier alpha value is -3.40. The maximum Gasteiger partial charge on any atom is 0.255 e. The fraction of sp³-hybridized carbons (Fsp3) is 0. The molecule has 0 aliphatic rings. The number of aromatic nitrogens is 1. The molecule has 0 aliphatic heterocycles. The van der Waals surface area contributed by atoms with Crippen LogP contribution in [-0.2, 0) is 0 Å². The van der Waals surface area contributed by atoms with Gasteiger partial charge in [0.1, 0.15) is 0 Å². The molecule has 0 aliphatic carbocycles. The molecule has 0 fully saturated rings. The van der Waals surface area contributed by atoms with Gasteiger partial charge in [-0.3, -0.25) is 14.4 Å². The molecule has 3 aromatic rings. The van der Waals surface area contributed by atoms with Crippen LogP contribution < -0.4 is 11.3 Å². The molecule has 0 radical (unpaired) electrons. The van der Waals surface area contributed by atoms with Crippen LogP contribution in [0.1, 0.15) is 5.56 Å². The molecule has 0 amide bonds. The third-order valence-electron chi connectivity index (χ3n) is 3.57. The second-order valence-electron chi connectivity index (χ2n) is 5.18. The molecule has 24 heavy (non-hydrogen) atoms. The number of hydrogen-bond donors (Lipinski definition) is 1. The van der Waals surface area contributed by atoms with Gasteiger partial charge in [-0.25, -0.2) is 0 Å². The predicted molar refractivity (Wildman–Crippen MR) is 98.8 cm³/mol. The maximum atomic E-state index is 12.1. The molecule has 3 rings (SSSR count). The van der Waals surface area contributed by atoms with E-state index in [2.05, 4.69) is 4.99 Å². The Labute approximate surface area is 140 Å². The Morgan fingerprint density at radius 1 is 0.917 bits per heavy atom. The summed E-state index contributed by atoms with van der Waals surface area (Å²) in [4.78, 5) is 16.6. The van der Waals surface area contributed by atoms with Crippen molar-refractivity contribution < 1.29 is 0 Å². The predicted octanol–water partition coefficient (Wildman–Crippen LogP) is 3.54. The second-order valence-corrected chi connectivity index (χ2v) is 5.18. The summed E-state index contributed by atoms with van der Waals surface area (Å²) in [7, 11) is 0. The smallest absolute Gasteiger partial charge is 0.255 e. The zero-order valence-electron chi connectivity index (χ0n) is 13.0. The molecule has 0 bridgehead atoms. The fourth-order valence-electron chi connectivity index (χ4n) is 2.32. The van der Waals surface area contributed by atoms with Crippen LogP contribution in [-0.4, -0.2) is 10.8 Å². The number of rotatable bonds is 4. The van der Waals surface area contributed by atoms with Crippen LogP contribution in [0.15, 0.2) is 95.0 Å². The maximum absolute atomic E-state index is 12.1. The Morgan fingerprint density at radius 3 is 2.25 bits per heavy atom. The topological polar surface area (TPSA) is 60.4 Å². The molecular formula is C20H17N3O. The highest BCUT2D eigenvalue weighted by molar-refractivity contribution is 6.10. The second kappa shape index (κ2) is 7.24. The van der Waals surface area contributed by atoms with E-state index in [-0.39, 0.29) is 5.56 Å². The molecule has 1 aromatic heterocycles. The van der Waals surface area contributed by atoms with Crippen molar-refractivity contribution in [2.75, 3.05) is 0 Å². The van der Waals surface area contributed by atoms with Crippen molar-refractivity contribution in [1.29, 1.82) is 0 Å². The van der Waals surface area contributed by atoms with E-state index in [0.29, 0.717) is 0 Å². The van der Waals surface area contributed by atoms with E-state index in [9.17, 15) is 4.79 Å². The number of allylic oxidation sites excluding steroid dienone is 1. The van der Waals surface area contributed by atoms with Gasteiger partial charge < -0.3 is 5.73 Å². The lowest BCUT2D eigenvalue weighted by molar-refractivity contribution is 0.986. The molecule has 118 valence electrons. The van der Waals surface area contributed by atoms with Crippen LogP contribution in [0.25, 0.3) is 11.3 Å². The van der Waals surface area contributed by atoms with Crippen molar-refractivity contribution in [3.8, 4) is 5.69 Å². The zero-order valence-corrected chi connectivity index (χ0v) is 13.0. The monoisotopic (exact) mass is 315 g/mol. The molecular weight excluding hydrogens is 298 g/mol. The minimum absolute atomic E-state index is 0.0960. The van der Waals surface area contributed by atoms with Gasteiger partial charge in [-0.2, -0.15) is 0 Å². The number of aliphatic imine (C=N–C) groups is 1. The van der Waals surface area contributed by atoms with Gasteiger partial charge in [0.2, 0.25) is 0 Å². The molecule has 0 saturated heterocycles. The van der Waals surface area contributed by atoms with Crippen LogP contribution in [0.5, 0.6) is 0 Å². The van der Waals surface area contributed by atoms with Gasteiger partial charge in [0.15, 0.2) is 0 Å². The van der Waals surface area contributed by atoms with Crippen molar-refractivity contribution in [1.82, 2.24) is 4.57 Å². The Balaban J connectivity index is 1.96. The lowest BCUT2D eigenvalue weighted by atomic mass is 10.1. The highest BCUT2D eigenvalue weighted by Crippen LogP contribution is 2.15. The summed E-state index contributed by atoms with van der Waals surface area (Å²) in [6.07, 6.45) is 4.96. The molecule has 0 atom stereocenters. The Morgan fingerprint density at radius 2 is 1.58 bits per heavy atom. The van der Waals surface area contributed by atoms with Crippen molar-refractivity contribution in [3.63, 3.8) is 0 Å². The van der Waals surface area contributed by atoms with Crippen LogP contribution in [0.4, 0.5) is 5.69 Å². The quantitative estimate of drug-likeness (QED) is 0.749. The van der Waals surface area contributed by atoms with Crippen LogP contribution in [0, 0.1) is 0 Å². The third-order valence-corrected chi connectivity index (χ3v) is 3.57. The Bertz CT molecular complexity index is 926. The highest BCUT2D eigenvalue weighted by atomic mass is 16.1. The summed E-state index contributed by atoms with van der Waals surface area (Å²) in [5.41, 5.74) is 8.87. The molecule has 4 heteroatoms. The van der Waals surface area contributed by atoms with E-state index in [1.54, 1.807) is 23.0 Å². The van der Waals surface area contributed by atoms with Gasteiger partial charge in [0.25, 0.3) is 5.56 Å². The molecule has 1 heterocycles. The summed E-state index contributed by atoms with van der Waals surface area (Å²) < 4.78 is 1.59. The van der Waals surface area contributed by atoms with E-state index in [0.717, 1.165) is 22.5 Å². The molecule has 4 nitrogen and oxygen atoms in total. The SMILES string of the molecule is NC=C(C=Nc1ccccc1)c1ccc(=O)n(-c2ccccc2)c1. The third kappa shape index (κ3) is 3.50. The van der Waals surface area contributed by atoms with Crippen molar-refractivity contribution >= 4 is 17.5 Å². The number of nitrogens with two attached hydrogens (primary N) is 1. The lowest BCUT2D eigenvalue weighted by Gasteiger charge is -2.08. The van der Waals surface area contributed by atoms with Gasteiger partial charge >= 0.3 is 0 Å². The largest absolute Gasteiger partial charge is 0.404 e. The van der Waals surface area contributed by atoms with Gasteiger partial charge in [0.05, 0.1) is 5.69 Å². The van der Waals surface area contributed by atoms with Gasteiger partial charge in [-0.05, 0) is 30.3 Å². The minimum atomic E-state index is -0.0960. The number of nitrogens with zero attached hydrogens (tertiary/aromatic N) is 2.